The van der Waals surface area contributed by atoms with Gasteiger partial charge in [0.2, 0.25) is 0 Å². The predicted octanol–water partition coefficient (Wildman–Crippen LogP) is -3.71. The molecule has 0 aromatic rings. The zero-order valence-electron chi connectivity index (χ0n) is 2.51. The van der Waals surface area contributed by atoms with Crippen LogP contribution in [-0.4, -0.2) is 54.5 Å². The van der Waals surface area contributed by atoms with E-state index >= 15 is 0 Å². The van der Waals surface area contributed by atoms with E-state index in [9.17, 15) is 0 Å². The summed E-state index contributed by atoms with van der Waals surface area (Å²) in [6.07, 6.45) is 0. The molecule has 0 saturated heterocycles. The van der Waals surface area contributed by atoms with Gasteiger partial charge in [0.25, 0.3) is 0 Å². The van der Waals surface area contributed by atoms with Crippen LogP contribution in [0.4, 0.5) is 0 Å². The molecule has 0 amide bonds. The Bertz CT molecular complexity index is 33.8. The molecule has 0 bridgehead atoms. The first-order chi connectivity index (χ1) is 1.73. The Morgan fingerprint density at radius 1 is 1.33 bits per heavy atom. The Morgan fingerprint density at radius 2 is 1.33 bits per heavy atom. The summed E-state index contributed by atoms with van der Waals surface area (Å²) in [5, 5.41) is 0. The van der Waals surface area contributed by atoms with E-state index in [2.05, 4.69) is 0 Å². The molecule has 0 aliphatic rings. The van der Waals surface area contributed by atoms with E-state index in [0.717, 1.165) is 0 Å². The quantitative estimate of drug-likeness (QED) is 0.453. The molecule has 0 spiro atoms. The summed E-state index contributed by atoms with van der Waals surface area (Å²) < 4.78 is 8.74. The van der Waals surface area contributed by atoms with Crippen LogP contribution in [-0.2, 0) is 4.46 Å². The Morgan fingerprint density at radius 3 is 1.33 bits per heavy atom. The molecule has 2 radical (unpaired) electrons. The van der Waals surface area contributed by atoms with Crippen LogP contribution in [0.3, 0.4) is 0 Å². The third kappa shape index (κ3) is 164. The average molecular weight is 301 g/mol. The summed E-state index contributed by atoms with van der Waals surface area (Å²) in [6, 6.07) is 0. The molecule has 0 saturated carbocycles. The van der Waals surface area contributed by atoms with E-state index in [1.165, 1.54) is 0 Å². The SMILES string of the molecule is B.O=[Si](O)O.[PbH2]. The van der Waals surface area contributed by atoms with Crippen molar-refractivity contribution in [2.24, 2.45) is 0 Å². The molecule has 0 aliphatic heterocycles. The summed E-state index contributed by atoms with van der Waals surface area (Å²) in [7, 11) is -3.13. The maximum absolute atomic E-state index is 8.74. The van der Waals surface area contributed by atoms with Crippen LogP contribution < -0.4 is 0 Å². The fraction of sp³-hybridized carbons (Fsp3) is 0. The third-order valence-corrected chi connectivity index (χ3v) is 0. The van der Waals surface area contributed by atoms with Gasteiger partial charge in [-0.25, -0.2) is 0 Å². The van der Waals surface area contributed by atoms with Crippen molar-refractivity contribution in [1.82, 2.24) is 0 Å². The van der Waals surface area contributed by atoms with Crippen LogP contribution in [0, 0.1) is 0 Å². The molecule has 36 valence electrons. The molecule has 6 heavy (non-hydrogen) atoms. The van der Waals surface area contributed by atoms with Crippen molar-refractivity contribution in [3.05, 3.63) is 0 Å². The van der Waals surface area contributed by atoms with Crippen LogP contribution in [0.15, 0.2) is 0 Å². The first kappa shape index (κ1) is 16.0. The standard InChI is InChI=1S/BH3.H2O3Si.Pb.2H/c;1-4(2)3;;;/h1H3;1-2H;;;. The van der Waals surface area contributed by atoms with Gasteiger partial charge in [0.05, 0.1) is 8.41 Å². The Hall–Kier alpha value is 0.604. The van der Waals surface area contributed by atoms with E-state index in [0.29, 0.717) is 0 Å². The third-order valence-electron chi connectivity index (χ3n) is 0. The Kier molecular flexibility index (Phi) is 24.3. The van der Waals surface area contributed by atoms with Gasteiger partial charge in [-0.1, -0.05) is 0 Å². The van der Waals surface area contributed by atoms with Gasteiger partial charge in [-0.05, 0) is 0 Å². The number of hydrogen-bond donors (Lipinski definition) is 2. The molecule has 0 aromatic carbocycles. The second-order valence-corrected chi connectivity index (χ2v) is 0.848. The summed E-state index contributed by atoms with van der Waals surface area (Å²) in [6.45, 7) is 0. The topological polar surface area (TPSA) is 57.5 Å². The summed E-state index contributed by atoms with van der Waals surface area (Å²) in [5.41, 5.74) is 0. The van der Waals surface area contributed by atoms with Crippen LogP contribution in [0.2, 0.25) is 0 Å². The molecule has 2 N–H and O–H groups in total. The van der Waals surface area contributed by atoms with Gasteiger partial charge in [0.1, 0.15) is 0 Å². The van der Waals surface area contributed by atoms with Crippen molar-refractivity contribution < 1.29 is 14.1 Å². The fourth-order valence-corrected chi connectivity index (χ4v) is 0. The Labute approximate surface area is 59.0 Å². The van der Waals surface area contributed by atoms with Gasteiger partial charge in [-0.15, -0.1) is 0 Å². The van der Waals surface area contributed by atoms with Crippen LogP contribution >= 0.6 is 0 Å². The van der Waals surface area contributed by atoms with Crippen LogP contribution in [0.5, 0.6) is 0 Å². The summed E-state index contributed by atoms with van der Waals surface area (Å²) >= 11 is 0. The normalized spacial score (nSPS) is 4.00. The molecular formula is H7BO3PbSi. The number of rotatable bonds is 0. The monoisotopic (exact) mass is 302 g/mol. The van der Waals surface area contributed by atoms with E-state index < -0.39 is 9.17 Å². The van der Waals surface area contributed by atoms with Crippen molar-refractivity contribution in [3.63, 3.8) is 0 Å². The van der Waals surface area contributed by atoms with Gasteiger partial charge in [-0.2, -0.15) is 0 Å². The van der Waals surface area contributed by atoms with Crippen molar-refractivity contribution in [1.29, 1.82) is 0 Å². The molecule has 0 rings (SSSR count). The maximum atomic E-state index is 8.74. The number of hydrogen-bond acceptors (Lipinski definition) is 1. The van der Waals surface area contributed by atoms with Gasteiger partial charge in [-0.3, -0.25) is 4.46 Å². The summed E-state index contributed by atoms with van der Waals surface area (Å²) in [4.78, 5) is 14.3. The van der Waals surface area contributed by atoms with Crippen molar-refractivity contribution in [2.45, 2.75) is 0 Å². The summed E-state index contributed by atoms with van der Waals surface area (Å²) in [5.74, 6) is 0. The van der Waals surface area contributed by atoms with E-state index in [1.54, 1.807) is 0 Å². The minimum absolute atomic E-state index is 0. The predicted molar refractivity (Wildman–Crippen MR) is 29.4 cm³/mol. The van der Waals surface area contributed by atoms with Crippen molar-refractivity contribution in [3.8, 4) is 0 Å². The van der Waals surface area contributed by atoms with Gasteiger partial charge in [0, 0.05) is 0 Å². The van der Waals surface area contributed by atoms with Crippen molar-refractivity contribution in [2.75, 3.05) is 0 Å². The average Bonchev–Trinajstić information content (AvgIpc) is 0.811. The molecule has 6 heteroatoms. The van der Waals surface area contributed by atoms with Crippen LogP contribution in [0.25, 0.3) is 0 Å². The molecule has 0 unspecified atom stereocenters. The second kappa shape index (κ2) is 9.15. The molecule has 0 aliphatic carbocycles. The van der Waals surface area contributed by atoms with Gasteiger partial charge in [0.15, 0.2) is 0 Å². The van der Waals surface area contributed by atoms with Gasteiger partial charge < -0.3 is 9.59 Å². The first-order valence-electron chi connectivity index (χ1n) is 0.651. The second-order valence-electron chi connectivity index (χ2n) is 0.283. The Balaban J connectivity index is -0.0000000450. The zero-order valence-corrected chi connectivity index (χ0v) is 9.01. The van der Waals surface area contributed by atoms with Gasteiger partial charge >= 0.3 is 36.5 Å². The van der Waals surface area contributed by atoms with E-state index in [1.807, 2.05) is 0 Å². The van der Waals surface area contributed by atoms with E-state index in [4.69, 9.17) is 14.1 Å². The molecule has 3 nitrogen and oxygen atoms in total. The fourth-order valence-electron chi connectivity index (χ4n) is 0. The first-order valence-corrected chi connectivity index (χ1v) is 1.95. The molecule has 0 atom stereocenters. The van der Waals surface area contributed by atoms with E-state index in [-0.39, 0.29) is 35.7 Å². The minimum atomic E-state index is -3.13. The molecule has 0 heterocycles. The zero-order chi connectivity index (χ0) is 3.58. The molecular weight excluding hydrogens is 294 g/mol. The molecule has 0 fully saturated rings. The van der Waals surface area contributed by atoms with Crippen LogP contribution in [0.1, 0.15) is 0 Å². The molecule has 0 aromatic heterocycles. The van der Waals surface area contributed by atoms with Crippen molar-refractivity contribution >= 4 is 44.9 Å².